The Balaban J connectivity index is 1.30. The number of amides is 4. The van der Waals surface area contributed by atoms with E-state index in [0.29, 0.717) is 30.8 Å². The van der Waals surface area contributed by atoms with Crippen molar-refractivity contribution in [2.75, 3.05) is 32.7 Å². The minimum atomic E-state index is -0.413. The molecule has 2 unspecified atom stereocenters. The molecule has 8 heteroatoms. The minimum Gasteiger partial charge on any atom is -0.354 e. The van der Waals surface area contributed by atoms with E-state index in [4.69, 9.17) is 0 Å². The van der Waals surface area contributed by atoms with Gasteiger partial charge in [0.1, 0.15) is 6.54 Å². The maximum atomic E-state index is 12.8. The van der Waals surface area contributed by atoms with E-state index < -0.39 is 11.8 Å². The number of imide groups is 1. The van der Waals surface area contributed by atoms with Gasteiger partial charge in [0.05, 0.1) is 17.2 Å². The van der Waals surface area contributed by atoms with Crippen molar-refractivity contribution in [1.82, 2.24) is 20.4 Å². The highest BCUT2D eigenvalue weighted by atomic mass is 16.2. The predicted octanol–water partition coefficient (Wildman–Crippen LogP) is 0.389. The SMILES string of the molecule is O=C(NCC1CCCN(C(=O)CN2C(=O)c3ccccc3C2=O)C1)C1CCCN1. The number of piperidine rings is 1. The van der Waals surface area contributed by atoms with Crippen molar-refractivity contribution < 1.29 is 19.2 Å². The van der Waals surface area contributed by atoms with E-state index in [-0.39, 0.29) is 30.3 Å². The average Bonchev–Trinajstić information content (AvgIpc) is 3.36. The topological polar surface area (TPSA) is 98.8 Å². The zero-order chi connectivity index (χ0) is 20.4. The van der Waals surface area contributed by atoms with Crippen molar-refractivity contribution in [3.8, 4) is 0 Å². The number of carbonyl (C=O) groups is 4. The Labute approximate surface area is 169 Å². The average molecular weight is 398 g/mol. The van der Waals surface area contributed by atoms with Gasteiger partial charge in [-0.05, 0) is 50.3 Å². The fourth-order valence-electron chi connectivity index (χ4n) is 4.35. The summed E-state index contributed by atoms with van der Waals surface area (Å²) in [6, 6.07) is 6.53. The first-order valence-electron chi connectivity index (χ1n) is 10.3. The van der Waals surface area contributed by atoms with Gasteiger partial charge >= 0.3 is 0 Å². The van der Waals surface area contributed by atoms with Gasteiger partial charge in [-0.25, -0.2) is 0 Å². The van der Waals surface area contributed by atoms with Crippen LogP contribution in [0.3, 0.4) is 0 Å². The lowest BCUT2D eigenvalue weighted by Crippen LogP contribution is -2.49. The highest BCUT2D eigenvalue weighted by Gasteiger charge is 2.37. The molecule has 2 N–H and O–H groups in total. The van der Waals surface area contributed by atoms with E-state index in [9.17, 15) is 19.2 Å². The highest BCUT2D eigenvalue weighted by molar-refractivity contribution is 6.22. The van der Waals surface area contributed by atoms with Crippen LogP contribution in [-0.4, -0.2) is 72.2 Å². The molecule has 4 amide bonds. The maximum absolute atomic E-state index is 12.8. The first-order valence-corrected chi connectivity index (χ1v) is 10.3. The number of rotatable bonds is 5. The Kier molecular flexibility index (Phi) is 5.62. The Morgan fingerprint density at radius 2 is 1.79 bits per heavy atom. The van der Waals surface area contributed by atoms with Gasteiger partial charge in [-0.3, -0.25) is 24.1 Å². The number of hydrogen-bond donors (Lipinski definition) is 2. The fourth-order valence-corrected chi connectivity index (χ4v) is 4.35. The second kappa shape index (κ2) is 8.32. The second-order valence-electron chi connectivity index (χ2n) is 7.98. The maximum Gasteiger partial charge on any atom is 0.262 e. The summed E-state index contributed by atoms with van der Waals surface area (Å²) in [4.78, 5) is 52.6. The van der Waals surface area contributed by atoms with Crippen LogP contribution in [0.25, 0.3) is 0 Å². The zero-order valence-electron chi connectivity index (χ0n) is 16.4. The summed E-state index contributed by atoms with van der Waals surface area (Å²) in [5.74, 6) is -0.849. The lowest BCUT2D eigenvalue weighted by atomic mass is 9.97. The van der Waals surface area contributed by atoms with Crippen molar-refractivity contribution in [1.29, 1.82) is 0 Å². The number of fused-ring (bicyclic) bond motifs is 1. The van der Waals surface area contributed by atoms with Gasteiger partial charge in [0.15, 0.2) is 0 Å². The van der Waals surface area contributed by atoms with Crippen LogP contribution in [-0.2, 0) is 9.59 Å². The van der Waals surface area contributed by atoms with E-state index in [0.717, 1.165) is 37.1 Å². The Hall–Kier alpha value is -2.74. The van der Waals surface area contributed by atoms with Crippen LogP contribution in [0.15, 0.2) is 24.3 Å². The molecular weight excluding hydrogens is 372 g/mol. The summed E-state index contributed by atoms with van der Waals surface area (Å²) >= 11 is 0. The van der Waals surface area contributed by atoms with E-state index in [1.54, 1.807) is 29.2 Å². The summed E-state index contributed by atoms with van der Waals surface area (Å²) in [6.45, 7) is 2.31. The molecule has 0 radical (unpaired) electrons. The smallest absolute Gasteiger partial charge is 0.262 e. The molecule has 29 heavy (non-hydrogen) atoms. The zero-order valence-corrected chi connectivity index (χ0v) is 16.4. The Morgan fingerprint density at radius 1 is 1.07 bits per heavy atom. The van der Waals surface area contributed by atoms with Gasteiger partial charge in [0.25, 0.3) is 11.8 Å². The van der Waals surface area contributed by atoms with Crippen LogP contribution in [0.1, 0.15) is 46.4 Å². The van der Waals surface area contributed by atoms with Gasteiger partial charge in [0, 0.05) is 19.6 Å². The molecule has 2 atom stereocenters. The van der Waals surface area contributed by atoms with E-state index in [1.165, 1.54) is 0 Å². The van der Waals surface area contributed by atoms with Crippen LogP contribution >= 0.6 is 0 Å². The molecule has 0 aliphatic carbocycles. The van der Waals surface area contributed by atoms with Gasteiger partial charge in [0.2, 0.25) is 11.8 Å². The van der Waals surface area contributed by atoms with Crippen molar-refractivity contribution in [3.05, 3.63) is 35.4 Å². The lowest BCUT2D eigenvalue weighted by Gasteiger charge is -2.33. The quantitative estimate of drug-likeness (QED) is 0.699. The predicted molar refractivity (Wildman–Crippen MR) is 105 cm³/mol. The molecule has 154 valence electrons. The number of benzene rings is 1. The molecule has 8 nitrogen and oxygen atoms in total. The molecule has 3 heterocycles. The molecule has 0 bridgehead atoms. The largest absolute Gasteiger partial charge is 0.354 e. The number of hydrogen-bond acceptors (Lipinski definition) is 5. The van der Waals surface area contributed by atoms with E-state index in [1.807, 2.05) is 0 Å². The molecule has 2 saturated heterocycles. The van der Waals surface area contributed by atoms with Gasteiger partial charge in [-0.2, -0.15) is 0 Å². The molecule has 2 fully saturated rings. The van der Waals surface area contributed by atoms with Crippen LogP contribution in [0.4, 0.5) is 0 Å². The molecule has 3 aliphatic rings. The van der Waals surface area contributed by atoms with Crippen LogP contribution in [0.5, 0.6) is 0 Å². The van der Waals surface area contributed by atoms with Crippen molar-refractivity contribution in [3.63, 3.8) is 0 Å². The van der Waals surface area contributed by atoms with Crippen LogP contribution in [0, 0.1) is 5.92 Å². The number of carbonyl (C=O) groups excluding carboxylic acids is 4. The van der Waals surface area contributed by atoms with Crippen LogP contribution < -0.4 is 10.6 Å². The summed E-state index contributed by atoms with van der Waals surface area (Å²) in [5.41, 5.74) is 0.704. The molecule has 0 spiro atoms. The summed E-state index contributed by atoms with van der Waals surface area (Å²) in [7, 11) is 0. The van der Waals surface area contributed by atoms with Gasteiger partial charge in [-0.15, -0.1) is 0 Å². The van der Waals surface area contributed by atoms with Gasteiger partial charge in [-0.1, -0.05) is 12.1 Å². The Bertz CT molecular complexity index is 799. The third-order valence-electron chi connectivity index (χ3n) is 5.99. The molecule has 1 aromatic carbocycles. The van der Waals surface area contributed by atoms with Crippen molar-refractivity contribution in [2.24, 2.45) is 5.92 Å². The van der Waals surface area contributed by atoms with E-state index >= 15 is 0 Å². The first kappa shape index (κ1) is 19.6. The first-order chi connectivity index (χ1) is 14.0. The number of nitrogens with one attached hydrogen (secondary N) is 2. The van der Waals surface area contributed by atoms with Crippen LogP contribution in [0.2, 0.25) is 0 Å². The van der Waals surface area contributed by atoms with Crippen molar-refractivity contribution >= 4 is 23.6 Å². The van der Waals surface area contributed by atoms with Gasteiger partial charge < -0.3 is 15.5 Å². The Morgan fingerprint density at radius 3 is 2.45 bits per heavy atom. The standard InChI is InChI=1S/C21H26N4O4/c26-18(13-25-20(28)15-6-1-2-7-16(15)21(25)29)24-10-4-5-14(12-24)11-23-19(27)17-8-3-9-22-17/h1-2,6-7,14,17,22H,3-5,8-13H2,(H,23,27). The molecule has 4 rings (SSSR count). The van der Waals surface area contributed by atoms with E-state index in [2.05, 4.69) is 10.6 Å². The minimum absolute atomic E-state index is 0.0250. The fraction of sp³-hybridized carbons (Fsp3) is 0.524. The summed E-state index contributed by atoms with van der Waals surface area (Å²) < 4.78 is 0. The third-order valence-corrected chi connectivity index (χ3v) is 5.99. The molecule has 1 aromatic rings. The van der Waals surface area contributed by atoms with Crippen molar-refractivity contribution in [2.45, 2.75) is 31.7 Å². The monoisotopic (exact) mass is 398 g/mol. The molecule has 3 aliphatic heterocycles. The number of nitrogens with zero attached hydrogens (tertiary/aromatic N) is 2. The third kappa shape index (κ3) is 4.03. The second-order valence-corrected chi connectivity index (χ2v) is 7.98. The normalized spacial score (nSPS) is 24.0. The molecular formula is C21H26N4O4. The summed E-state index contributed by atoms with van der Waals surface area (Å²) in [6.07, 6.45) is 3.66. The molecule has 0 saturated carbocycles. The molecule has 0 aromatic heterocycles. The summed E-state index contributed by atoms with van der Waals surface area (Å²) in [5, 5.41) is 6.18. The highest BCUT2D eigenvalue weighted by Crippen LogP contribution is 2.23. The number of likely N-dealkylation sites (tertiary alicyclic amines) is 1. The lowest BCUT2D eigenvalue weighted by molar-refractivity contribution is -0.133.